The number of phenolic OH excluding ortho intramolecular Hbond substituents is 1. The van der Waals surface area contributed by atoms with Gasteiger partial charge in [0, 0.05) is 19.8 Å². The molecule has 20 heavy (non-hydrogen) atoms. The van der Waals surface area contributed by atoms with E-state index < -0.39 is 0 Å². The maximum absolute atomic E-state index is 12.3. The first kappa shape index (κ1) is 14.6. The second kappa shape index (κ2) is 6.11. The fraction of sp³-hybridized carbons (Fsp3) is 0.143. The zero-order chi connectivity index (χ0) is 14.7. The summed E-state index contributed by atoms with van der Waals surface area (Å²) in [5.41, 5.74) is 1.12. The summed E-state index contributed by atoms with van der Waals surface area (Å²) in [4.78, 5) is 17.6. The van der Waals surface area contributed by atoms with Gasteiger partial charge in [0.2, 0.25) is 0 Å². The van der Waals surface area contributed by atoms with Gasteiger partial charge in [-0.15, -0.1) is 0 Å². The highest BCUT2D eigenvalue weighted by Crippen LogP contribution is 2.20. The highest BCUT2D eigenvalue weighted by atomic mass is 35.5. The van der Waals surface area contributed by atoms with E-state index in [2.05, 4.69) is 4.98 Å². The van der Waals surface area contributed by atoms with Crippen LogP contribution in [0, 0.1) is 0 Å². The molecule has 0 saturated carbocycles. The van der Waals surface area contributed by atoms with E-state index >= 15 is 0 Å². The average Bonchev–Trinajstić information content (AvgIpc) is 2.40. The van der Waals surface area contributed by atoms with E-state index in [1.807, 2.05) is 6.07 Å². The second-order valence-electron chi connectivity index (χ2n) is 4.32. The number of rotatable bonds is 3. The Morgan fingerprint density at radius 2 is 2.10 bits per heavy atom. The largest absolute Gasteiger partial charge is 0.508 e. The number of carbonyl (C=O) groups excluding carboxylic acids is 1. The van der Waals surface area contributed by atoms with Gasteiger partial charge in [-0.1, -0.05) is 35.3 Å². The lowest BCUT2D eigenvalue weighted by Gasteiger charge is -2.18. The van der Waals surface area contributed by atoms with Gasteiger partial charge in [0.05, 0.1) is 10.6 Å². The van der Waals surface area contributed by atoms with Gasteiger partial charge in [-0.05, 0) is 23.8 Å². The summed E-state index contributed by atoms with van der Waals surface area (Å²) >= 11 is 11.7. The molecule has 1 aromatic carbocycles. The summed E-state index contributed by atoms with van der Waals surface area (Å²) in [5, 5.41) is 9.88. The highest BCUT2D eigenvalue weighted by Gasteiger charge is 2.16. The molecule has 1 aromatic heterocycles. The zero-order valence-electron chi connectivity index (χ0n) is 10.7. The smallest absolute Gasteiger partial charge is 0.255 e. The summed E-state index contributed by atoms with van der Waals surface area (Å²) in [6, 6.07) is 8.16. The van der Waals surface area contributed by atoms with Crippen molar-refractivity contribution in [2.75, 3.05) is 7.05 Å². The topological polar surface area (TPSA) is 53.4 Å². The van der Waals surface area contributed by atoms with E-state index in [-0.39, 0.29) is 21.8 Å². The Balaban J connectivity index is 2.18. The number of pyridine rings is 1. The molecule has 0 fully saturated rings. The number of phenols is 1. The van der Waals surface area contributed by atoms with Crippen molar-refractivity contribution in [1.29, 1.82) is 0 Å². The molecule has 104 valence electrons. The van der Waals surface area contributed by atoms with Gasteiger partial charge in [-0.3, -0.25) is 4.79 Å². The number of benzene rings is 1. The number of carbonyl (C=O) groups is 1. The maximum atomic E-state index is 12.3. The van der Waals surface area contributed by atoms with E-state index in [4.69, 9.17) is 23.2 Å². The Bertz CT molecular complexity index is 647. The molecule has 0 aliphatic rings. The van der Waals surface area contributed by atoms with Crippen LogP contribution >= 0.6 is 23.2 Å². The van der Waals surface area contributed by atoms with Crippen molar-refractivity contribution in [3.05, 3.63) is 57.8 Å². The maximum Gasteiger partial charge on any atom is 0.255 e. The Morgan fingerprint density at radius 3 is 2.80 bits per heavy atom. The summed E-state index contributed by atoms with van der Waals surface area (Å²) in [5.74, 6) is -0.101. The number of halogens is 2. The Hall–Kier alpha value is -1.78. The van der Waals surface area contributed by atoms with Crippen LogP contribution in [0.1, 0.15) is 15.9 Å². The number of hydrogen-bond acceptors (Lipinski definition) is 3. The third kappa shape index (κ3) is 3.40. The van der Waals surface area contributed by atoms with Crippen molar-refractivity contribution < 1.29 is 9.90 Å². The predicted octanol–water partition coefficient (Wildman–Crippen LogP) is 3.37. The molecule has 0 aliphatic carbocycles. The second-order valence-corrected chi connectivity index (χ2v) is 5.11. The number of amides is 1. The van der Waals surface area contributed by atoms with Gasteiger partial charge in [0.1, 0.15) is 10.9 Å². The molecule has 1 heterocycles. The van der Waals surface area contributed by atoms with Crippen LogP contribution in [0.5, 0.6) is 5.75 Å². The SMILES string of the molecule is CN(Cc1cccc(O)c1)C(=O)c1cc(Cl)ncc1Cl. The Kier molecular flexibility index (Phi) is 4.47. The minimum Gasteiger partial charge on any atom is -0.508 e. The van der Waals surface area contributed by atoms with Crippen molar-refractivity contribution in [1.82, 2.24) is 9.88 Å². The fourth-order valence-corrected chi connectivity index (χ4v) is 2.13. The molecule has 1 amide bonds. The fourth-order valence-electron chi connectivity index (χ4n) is 1.78. The minimum absolute atomic E-state index is 0.160. The molecular formula is C14H12Cl2N2O2. The molecule has 0 saturated heterocycles. The van der Waals surface area contributed by atoms with Gasteiger partial charge >= 0.3 is 0 Å². The van der Waals surface area contributed by atoms with Gasteiger partial charge in [-0.25, -0.2) is 4.98 Å². The first-order chi connectivity index (χ1) is 9.47. The van der Waals surface area contributed by atoms with Crippen LogP contribution in [-0.2, 0) is 6.54 Å². The highest BCUT2D eigenvalue weighted by molar-refractivity contribution is 6.35. The monoisotopic (exact) mass is 310 g/mol. The van der Waals surface area contributed by atoms with Crippen molar-refractivity contribution in [3.63, 3.8) is 0 Å². The molecule has 0 atom stereocenters. The number of hydrogen-bond donors (Lipinski definition) is 1. The van der Waals surface area contributed by atoms with E-state index in [0.717, 1.165) is 5.56 Å². The van der Waals surface area contributed by atoms with Crippen LogP contribution in [0.3, 0.4) is 0 Å². The lowest BCUT2D eigenvalue weighted by atomic mass is 10.2. The molecule has 2 rings (SSSR count). The quantitative estimate of drug-likeness (QED) is 0.884. The summed E-state index contributed by atoms with van der Waals surface area (Å²) < 4.78 is 0. The summed E-state index contributed by atoms with van der Waals surface area (Å²) in [7, 11) is 1.65. The molecule has 0 aliphatic heterocycles. The van der Waals surface area contributed by atoms with Gasteiger partial charge < -0.3 is 10.0 Å². The summed E-state index contributed by atoms with van der Waals surface area (Å²) in [6.45, 7) is 0.351. The molecule has 6 heteroatoms. The van der Waals surface area contributed by atoms with Crippen molar-refractivity contribution >= 4 is 29.1 Å². The van der Waals surface area contributed by atoms with Crippen molar-refractivity contribution in [2.24, 2.45) is 0 Å². The van der Waals surface area contributed by atoms with Crippen molar-refractivity contribution in [2.45, 2.75) is 6.54 Å². The molecule has 0 bridgehead atoms. The third-order valence-electron chi connectivity index (χ3n) is 2.73. The standard InChI is InChI=1S/C14H12Cl2N2O2/c1-18(8-9-3-2-4-10(19)5-9)14(20)11-6-13(16)17-7-12(11)15/h2-7,19H,8H2,1H3. The zero-order valence-corrected chi connectivity index (χ0v) is 12.2. The Labute approximate surface area is 126 Å². The molecule has 1 N–H and O–H groups in total. The van der Waals surface area contributed by atoms with E-state index in [1.165, 1.54) is 17.2 Å². The third-order valence-corrected chi connectivity index (χ3v) is 3.24. The molecular weight excluding hydrogens is 299 g/mol. The van der Waals surface area contributed by atoms with E-state index in [0.29, 0.717) is 12.1 Å². The molecule has 4 nitrogen and oxygen atoms in total. The van der Waals surface area contributed by atoms with Crippen molar-refractivity contribution in [3.8, 4) is 5.75 Å². The normalized spacial score (nSPS) is 10.3. The minimum atomic E-state index is -0.261. The predicted molar refractivity (Wildman–Crippen MR) is 78.2 cm³/mol. The lowest BCUT2D eigenvalue weighted by molar-refractivity contribution is 0.0785. The lowest BCUT2D eigenvalue weighted by Crippen LogP contribution is -2.26. The average molecular weight is 311 g/mol. The van der Waals surface area contributed by atoms with Crippen LogP contribution in [0.2, 0.25) is 10.2 Å². The number of nitrogens with zero attached hydrogens (tertiary/aromatic N) is 2. The van der Waals surface area contributed by atoms with Crippen LogP contribution in [0.15, 0.2) is 36.5 Å². The van der Waals surface area contributed by atoms with Crippen LogP contribution in [-0.4, -0.2) is 27.9 Å². The van der Waals surface area contributed by atoms with Gasteiger partial charge in [0.25, 0.3) is 5.91 Å². The Morgan fingerprint density at radius 1 is 1.35 bits per heavy atom. The first-order valence-corrected chi connectivity index (χ1v) is 6.57. The molecule has 0 spiro atoms. The summed E-state index contributed by atoms with van der Waals surface area (Å²) in [6.07, 6.45) is 1.35. The molecule has 0 unspecified atom stereocenters. The van der Waals surface area contributed by atoms with E-state index in [1.54, 1.807) is 25.2 Å². The molecule has 2 aromatic rings. The van der Waals surface area contributed by atoms with Gasteiger partial charge in [-0.2, -0.15) is 0 Å². The van der Waals surface area contributed by atoms with Crippen LogP contribution in [0.25, 0.3) is 0 Å². The number of aromatic hydroxyl groups is 1. The molecule has 0 radical (unpaired) electrons. The number of aromatic nitrogens is 1. The van der Waals surface area contributed by atoms with E-state index in [9.17, 15) is 9.90 Å². The van der Waals surface area contributed by atoms with Gasteiger partial charge in [0.15, 0.2) is 0 Å². The first-order valence-electron chi connectivity index (χ1n) is 5.82. The van der Waals surface area contributed by atoms with Crippen LogP contribution < -0.4 is 0 Å². The van der Waals surface area contributed by atoms with Crippen LogP contribution in [0.4, 0.5) is 0 Å².